The Morgan fingerprint density at radius 1 is 1.50 bits per heavy atom. The highest BCUT2D eigenvalue weighted by atomic mass is 16.6. The molecular formula is C15H21NO4. The molecule has 1 aromatic carbocycles. The molecule has 0 saturated heterocycles. The first-order chi connectivity index (χ1) is 9.69. The second-order valence-corrected chi connectivity index (χ2v) is 4.62. The highest BCUT2D eigenvalue weighted by molar-refractivity contribution is 5.75. The molecule has 5 heteroatoms. The third kappa shape index (κ3) is 3.04. The van der Waals surface area contributed by atoms with Crippen molar-refractivity contribution in [3.8, 4) is 11.5 Å². The smallest absolute Gasteiger partial charge is 0.347 e. The van der Waals surface area contributed by atoms with Crippen LogP contribution in [0, 0.1) is 0 Å². The van der Waals surface area contributed by atoms with Crippen molar-refractivity contribution in [1.82, 2.24) is 5.32 Å². The van der Waals surface area contributed by atoms with Gasteiger partial charge in [-0.2, -0.15) is 0 Å². The molecule has 0 aromatic heterocycles. The molecule has 0 saturated carbocycles. The molecule has 0 aliphatic carbocycles. The number of carbonyl (C=O) groups is 1. The molecule has 1 aliphatic rings. The molecule has 1 aromatic rings. The Morgan fingerprint density at radius 3 is 2.95 bits per heavy atom. The van der Waals surface area contributed by atoms with E-state index in [4.69, 9.17) is 14.2 Å². The van der Waals surface area contributed by atoms with Crippen LogP contribution in [-0.2, 0) is 9.53 Å². The van der Waals surface area contributed by atoms with Gasteiger partial charge in [-0.3, -0.25) is 0 Å². The van der Waals surface area contributed by atoms with E-state index in [0.717, 1.165) is 11.3 Å². The topological polar surface area (TPSA) is 56.8 Å². The number of hydrogen-bond acceptors (Lipinski definition) is 5. The van der Waals surface area contributed by atoms with Crippen LogP contribution in [0.15, 0.2) is 18.2 Å². The number of carbonyl (C=O) groups excluding carboxylic acids is 1. The van der Waals surface area contributed by atoms with E-state index in [9.17, 15) is 4.79 Å². The molecule has 2 unspecified atom stereocenters. The van der Waals surface area contributed by atoms with Crippen molar-refractivity contribution in [1.29, 1.82) is 0 Å². The Morgan fingerprint density at radius 2 is 2.30 bits per heavy atom. The highest BCUT2D eigenvalue weighted by Gasteiger charge is 2.24. The number of hydrogen-bond donors (Lipinski definition) is 1. The third-order valence-corrected chi connectivity index (χ3v) is 3.31. The average Bonchev–Trinajstić information content (AvgIpc) is 2.87. The Bertz CT molecular complexity index is 475. The average molecular weight is 279 g/mol. The predicted molar refractivity (Wildman–Crippen MR) is 75.1 cm³/mol. The Balaban J connectivity index is 2.09. The summed E-state index contributed by atoms with van der Waals surface area (Å²) in [6.07, 6.45) is -0.00914. The summed E-state index contributed by atoms with van der Waals surface area (Å²) >= 11 is 0. The van der Waals surface area contributed by atoms with Crippen LogP contribution in [0.25, 0.3) is 0 Å². The first-order valence-electron chi connectivity index (χ1n) is 6.96. The van der Waals surface area contributed by atoms with Gasteiger partial charge in [-0.1, -0.05) is 6.92 Å². The van der Waals surface area contributed by atoms with Crippen molar-refractivity contribution in [3.05, 3.63) is 23.8 Å². The largest absolute Gasteiger partial charge is 0.491 e. The van der Waals surface area contributed by atoms with E-state index >= 15 is 0 Å². The lowest BCUT2D eigenvalue weighted by Gasteiger charge is -2.16. The monoisotopic (exact) mass is 279 g/mol. The fraction of sp³-hybridized carbons (Fsp3) is 0.533. The highest BCUT2D eigenvalue weighted by Crippen LogP contribution is 2.35. The summed E-state index contributed by atoms with van der Waals surface area (Å²) in [5.74, 6) is 1.10. The van der Waals surface area contributed by atoms with Crippen molar-refractivity contribution in [2.75, 3.05) is 20.3 Å². The number of benzene rings is 1. The van der Waals surface area contributed by atoms with Crippen LogP contribution in [0.4, 0.5) is 0 Å². The van der Waals surface area contributed by atoms with E-state index in [-0.39, 0.29) is 12.0 Å². The summed E-state index contributed by atoms with van der Waals surface area (Å²) in [5, 5.41) is 3.19. The molecule has 0 amide bonds. The summed E-state index contributed by atoms with van der Waals surface area (Å²) in [4.78, 5) is 11.7. The first-order valence-corrected chi connectivity index (χ1v) is 6.96. The number of rotatable bonds is 6. The SMILES string of the molecule is CCOC(=O)C(CC)Oc1ccc2c(c1)OCC2NC. The summed E-state index contributed by atoms with van der Waals surface area (Å²) in [7, 11) is 1.90. The van der Waals surface area contributed by atoms with E-state index in [1.807, 2.05) is 32.2 Å². The van der Waals surface area contributed by atoms with Crippen molar-refractivity contribution in [3.63, 3.8) is 0 Å². The van der Waals surface area contributed by atoms with E-state index in [0.29, 0.717) is 25.4 Å². The van der Waals surface area contributed by atoms with Gasteiger partial charge in [-0.15, -0.1) is 0 Å². The van der Waals surface area contributed by atoms with Gasteiger partial charge in [0, 0.05) is 11.6 Å². The number of ether oxygens (including phenoxy) is 3. The summed E-state index contributed by atoms with van der Waals surface area (Å²) in [5.41, 5.74) is 1.11. The minimum Gasteiger partial charge on any atom is -0.491 e. The molecule has 0 radical (unpaired) electrons. The summed E-state index contributed by atoms with van der Waals surface area (Å²) < 4.78 is 16.3. The van der Waals surface area contributed by atoms with Gasteiger partial charge in [-0.05, 0) is 32.5 Å². The van der Waals surface area contributed by atoms with Gasteiger partial charge in [0.2, 0.25) is 0 Å². The van der Waals surface area contributed by atoms with Gasteiger partial charge < -0.3 is 19.5 Å². The number of fused-ring (bicyclic) bond motifs is 1. The normalized spacial score (nSPS) is 18.1. The molecule has 1 heterocycles. The van der Waals surface area contributed by atoms with E-state index < -0.39 is 6.10 Å². The molecule has 20 heavy (non-hydrogen) atoms. The van der Waals surface area contributed by atoms with E-state index in [2.05, 4.69) is 5.32 Å². The van der Waals surface area contributed by atoms with Crippen LogP contribution in [0.1, 0.15) is 31.9 Å². The Hall–Kier alpha value is -1.75. The lowest BCUT2D eigenvalue weighted by molar-refractivity contribution is -0.151. The minimum atomic E-state index is -0.575. The molecule has 0 fully saturated rings. The second kappa shape index (κ2) is 6.61. The molecule has 0 spiro atoms. The Kier molecular flexibility index (Phi) is 4.84. The van der Waals surface area contributed by atoms with E-state index in [1.165, 1.54) is 0 Å². The van der Waals surface area contributed by atoms with Crippen LogP contribution >= 0.6 is 0 Å². The quantitative estimate of drug-likeness (QED) is 0.808. The Labute approximate surface area is 119 Å². The maximum Gasteiger partial charge on any atom is 0.347 e. The number of nitrogens with one attached hydrogen (secondary N) is 1. The zero-order chi connectivity index (χ0) is 14.5. The minimum absolute atomic E-state index is 0.214. The van der Waals surface area contributed by atoms with Gasteiger partial charge in [0.25, 0.3) is 0 Å². The molecule has 0 bridgehead atoms. The summed E-state index contributed by atoms with van der Waals surface area (Å²) in [6.45, 7) is 4.65. The fourth-order valence-corrected chi connectivity index (χ4v) is 2.20. The lowest BCUT2D eigenvalue weighted by Crippen LogP contribution is -2.28. The lowest BCUT2D eigenvalue weighted by atomic mass is 10.1. The molecule has 2 atom stereocenters. The van der Waals surface area contributed by atoms with Crippen LogP contribution in [0.3, 0.4) is 0 Å². The third-order valence-electron chi connectivity index (χ3n) is 3.31. The van der Waals surface area contributed by atoms with Gasteiger partial charge in [0.15, 0.2) is 6.10 Å². The number of esters is 1. The molecule has 5 nitrogen and oxygen atoms in total. The molecular weight excluding hydrogens is 258 g/mol. The zero-order valence-corrected chi connectivity index (χ0v) is 12.1. The maximum atomic E-state index is 11.7. The summed E-state index contributed by atoms with van der Waals surface area (Å²) in [6, 6.07) is 5.87. The zero-order valence-electron chi connectivity index (χ0n) is 12.1. The van der Waals surface area contributed by atoms with Crippen LogP contribution in [-0.4, -0.2) is 32.3 Å². The fourth-order valence-electron chi connectivity index (χ4n) is 2.20. The van der Waals surface area contributed by atoms with Crippen molar-refractivity contribution in [2.45, 2.75) is 32.4 Å². The predicted octanol–water partition coefficient (Wildman–Crippen LogP) is 2.06. The van der Waals surface area contributed by atoms with Gasteiger partial charge >= 0.3 is 5.97 Å². The van der Waals surface area contributed by atoms with Gasteiger partial charge in [-0.25, -0.2) is 4.79 Å². The van der Waals surface area contributed by atoms with Crippen LogP contribution in [0.5, 0.6) is 11.5 Å². The molecule has 1 aliphatic heterocycles. The number of likely N-dealkylation sites (N-methyl/N-ethyl adjacent to an activating group) is 1. The molecule has 1 N–H and O–H groups in total. The second-order valence-electron chi connectivity index (χ2n) is 4.62. The molecule has 2 rings (SSSR count). The van der Waals surface area contributed by atoms with Gasteiger partial charge in [0.05, 0.1) is 12.6 Å². The van der Waals surface area contributed by atoms with Crippen LogP contribution < -0.4 is 14.8 Å². The van der Waals surface area contributed by atoms with Crippen LogP contribution in [0.2, 0.25) is 0 Å². The van der Waals surface area contributed by atoms with E-state index in [1.54, 1.807) is 6.92 Å². The van der Waals surface area contributed by atoms with Gasteiger partial charge in [0.1, 0.15) is 18.1 Å². The standard InChI is InChI=1S/C15H21NO4/c1-4-13(15(17)18-5-2)20-10-6-7-11-12(16-3)9-19-14(11)8-10/h6-8,12-13,16H,4-5,9H2,1-3H3. The van der Waals surface area contributed by atoms with Crippen molar-refractivity contribution >= 4 is 5.97 Å². The maximum absolute atomic E-state index is 11.7. The molecule has 110 valence electrons. The van der Waals surface area contributed by atoms with Crippen molar-refractivity contribution in [2.24, 2.45) is 0 Å². The first kappa shape index (κ1) is 14.7. The van der Waals surface area contributed by atoms with Crippen molar-refractivity contribution < 1.29 is 19.0 Å².